The van der Waals surface area contributed by atoms with Crippen LogP contribution in [0, 0.1) is 13.8 Å². The highest BCUT2D eigenvalue weighted by molar-refractivity contribution is 7.80. The lowest BCUT2D eigenvalue weighted by Crippen LogP contribution is -2.33. The molecule has 1 amide bonds. The first kappa shape index (κ1) is 15.0. The summed E-state index contributed by atoms with van der Waals surface area (Å²) in [6, 6.07) is 9.51. The van der Waals surface area contributed by atoms with Crippen molar-refractivity contribution in [3.63, 3.8) is 0 Å². The standard InChI is InChI=1S/C16H16N2O2S/c1-11-5-6-12(2)14(10-11)17-16(21)18-15(19)8-7-13-4-3-9-20-13/h3-10H,1-2H3,(H2,17,18,19,21). The molecule has 1 aromatic heterocycles. The van der Waals surface area contributed by atoms with Crippen LogP contribution in [0.3, 0.4) is 0 Å². The molecule has 1 aromatic carbocycles. The number of hydrogen-bond donors (Lipinski definition) is 2. The number of rotatable bonds is 3. The lowest BCUT2D eigenvalue weighted by atomic mass is 10.1. The van der Waals surface area contributed by atoms with Crippen molar-refractivity contribution in [3.05, 3.63) is 59.6 Å². The number of amides is 1. The van der Waals surface area contributed by atoms with Crippen molar-refractivity contribution in [2.75, 3.05) is 5.32 Å². The highest BCUT2D eigenvalue weighted by Gasteiger charge is 2.04. The van der Waals surface area contributed by atoms with Gasteiger partial charge < -0.3 is 9.73 Å². The van der Waals surface area contributed by atoms with Gasteiger partial charge in [-0.05, 0) is 61.5 Å². The Bertz CT molecular complexity index is 676. The highest BCUT2D eigenvalue weighted by atomic mass is 32.1. The molecule has 0 saturated heterocycles. The molecule has 2 aromatic rings. The fraction of sp³-hybridized carbons (Fsp3) is 0.125. The van der Waals surface area contributed by atoms with Gasteiger partial charge in [0, 0.05) is 11.8 Å². The number of carbonyl (C=O) groups excluding carboxylic acids is 1. The molecule has 0 aliphatic rings. The molecule has 2 N–H and O–H groups in total. The van der Waals surface area contributed by atoms with Gasteiger partial charge in [0.25, 0.3) is 0 Å². The molecule has 0 radical (unpaired) electrons. The van der Waals surface area contributed by atoms with E-state index in [4.69, 9.17) is 16.6 Å². The van der Waals surface area contributed by atoms with Gasteiger partial charge in [-0.3, -0.25) is 10.1 Å². The zero-order valence-electron chi connectivity index (χ0n) is 11.8. The molecule has 0 aliphatic heterocycles. The summed E-state index contributed by atoms with van der Waals surface area (Å²) in [6.45, 7) is 3.97. The second-order valence-electron chi connectivity index (χ2n) is 4.61. The molecule has 0 spiro atoms. The van der Waals surface area contributed by atoms with E-state index in [1.807, 2.05) is 32.0 Å². The van der Waals surface area contributed by atoms with Crippen molar-refractivity contribution in [3.8, 4) is 0 Å². The Morgan fingerprint density at radius 2 is 2.10 bits per heavy atom. The summed E-state index contributed by atoms with van der Waals surface area (Å²) in [5.41, 5.74) is 3.06. The molecule has 0 atom stereocenters. The average Bonchev–Trinajstić information content (AvgIpc) is 2.94. The summed E-state index contributed by atoms with van der Waals surface area (Å²) >= 11 is 5.13. The van der Waals surface area contributed by atoms with Gasteiger partial charge in [-0.2, -0.15) is 0 Å². The van der Waals surface area contributed by atoms with Crippen molar-refractivity contribution in [1.29, 1.82) is 0 Å². The minimum Gasteiger partial charge on any atom is -0.465 e. The third kappa shape index (κ3) is 4.57. The molecule has 0 fully saturated rings. The molecule has 2 rings (SSSR count). The molecule has 1 heterocycles. The number of nitrogens with one attached hydrogen (secondary N) is 2. The van der Waals surface area contributed by atoms with E-state index in [1.54, 1.807) is 24.5 Å². The van der Waals surface area contributed by atoms with Crippen LogP contribution in [0.25, 0.3) is 6.08 Å². The molecule has 0 unspecified atom stereocenters. The predicted octanol–water partition coefficient (Wildman–Crippen LogP) is 3.42. The quantitative estimate of drug-likeness (QED) is 0.673. The van der Waals surface area contributed by atoms with Gasteiger partial charge in [0.1, 0.15) is 5.76 Å². The summed E-state index contributed by atoms with van der Waals surface area (Å²) in [4.78, 5) is 11.7. The summed E-state index contributed by atoms with van der Waals surface area (Å²) in [7, 11) is 0. The highest BCUT2D eigenvalue weighted by Crippen LogP contribution is 2.16. The Balaban J connectivity index is 1.92. The van der Waals surface area contributed by atoms with E-state index in [1.165, 1.54) is 6.08 Å². The van der Waals surface area contributed by atoms with E-state index in [2.05, 4.69) is 10.6 Å². The number of aryl methyl sites for hydroxylation is 2. The van der Waals surface area contributed by atoms with Crippen LogP contribution in [0.1, 0.15) is 16.9 Å². The first-order chi connectivity index (χ1) is 10.0. The van der Waals surface area contributed by atoms with Crippen LogP contribution in [0.4, 0.5) is 5.69 Å². The molecule has 108 valence electrons. The number of benzene rings is 1. The van der Waals surface area contributed by atoms with E-state index >= 15 is 0 Å². The van der Waals surface area contributed by atoms with Gasteiger partial charge in [0.2, 0.25) is 5.91 Å². The first-order valence-corrected chi connectivity index (χ1v) is 6.86. The number of anilines is 1. The Kier molecular flexibility index (Phi) is 4.90. The maximum Gasteiger partial charge on any atom is 0.250 e. The Labute approximate surface area is 128 Å². The maximum atomic E-state index is 11.7. The van der Waals surface area contributed by atoms with Crippen LogP contribution in [-0.2, 0) is 4.79 Å². The lowest BCUT2D eigenvalue weighted by molar-refractivity contribution is -0.115. The van der Waals surface area contributed by atoms with Crippen LogP contribution < -0.4 is 10.6 Å². The third-order valence-corrected chi connectivity index (χ3v) is 3.02. The molecule has 0 bridgehead atoms. The monoisotopic (exact) mass is 300 g/mol. The first-order valence-electron chi connectivity index (χ1n) is 6.45. The SMILES string of the molecule is Cc1ccc(C)c(NC(=S)NC(=O)C=Cc2ccco2)c1. The van der Waals surface area contributed by atoms with Crippen LogP contribution in [0.15, 0.2) is 47.1 Å². The number of thiocarbonyl (C=S) groups is 1. The second-order valence-corrected chi connectivity index (χ2v) is 5.02. The van der Waals surface area contributed by atoms with Crippen molar-refractivity contribution in [2.24, 2.45) is 0 Å². The van der Waals surface area contributed by atoms with Crippen molar-refractivity contribution in [2.45, 2.75) is 13.8 Å². The van der Waals surface area contributed by atoms with Gasteiger partial charge in [-0.15, -0.1) is 0 Å². The molecular weight excluding hydrogens is 284 g/mol. The maximum absolute atomic E-state index is 11.7. The molecular formula is C16H16N2O2S. The fourth-order valence-electron chi connectivity index (χ4n) is 1.72. The van der Waals surface area contributed by atoms with E-state index < -0.39 is 0 Å². The normalized spacial score (nSPS) is 10.6. The largest absolute Gasteiger partial charge is 0.465 e. The summed E-state index contributed by atoms with van der Waals surface area (Å²) in [5.74, 6) is 0.299. The Hall–Kier alpha value is -2.40. The molecule has 0 saturated carbocycles. The van der Waals surface area contributed by atoms with Crippen molar-refractivity contribution in [1.82, 2.24) is 5.32 Å². The van der Waals surface area contributed by atoms with Gasteiger partial charge >= 0.3 is 0 Å². The van der Waals surface area contributed by atoms with Crippen LogP contribution in [0.2, 0.25) is 0 Å². The fourth-order valence-corrected chi connectivity index (χ4v) is 1.93. The smallest absolute Gasteiger partial charge is 0.250 e. The zero-order valence-corrected chi connectivity index (χ0v) is 12.7. The Morgan fingerprint density at radius 1 is 1.29 bits per heavy atom. The molecule has 4 nitrogen and oxygen atoms in total. The van der Waals surface area contributed by atoms with Gasteiger partial charge in [0.05, 0.1) is 6.26 Å². The topological polar surface area (TPSA) is 54.3 Å². The summed E-state index contributed by atoms with van der Waals surface area (Å²) < 4.78 is 5.10. The zero-order chi connectivity index (χ0) is 15.2. The van der Waals surface area contributed by atoms with E-state index in [-0.39, 0.29) is 11.0 Å². The van der Waals surface area contributed by atoms with Gasteiger partial charge in [-0.1, -0.05) is 12.1 Å². The van der Waals surface area contributed by atoms with Crippen molar-refractivity contribution >= 4 is 35.0 Å². The number of hydrogen-bond acceptors (Lipinski definition) is 3. The van der Waals surface area contributed by atoms with Crippen molar-refractivity contribution < 1.29 is 9.21 Å². The lowest BCUT2D eigenvalue weighted by Gasteiger charge is -2.11. The van der Waals surface area contributed by atoms with E-state index in [0.29, 0.717) is 5.76 Å². The number of carbonyl (C=O) groups is 1. The van der Waals surface area contributed by atoms with Crippen LogP contribution in [-0.4, -0.2) is 11.0 Å². The van der Waals surface area contributed by atoms with Crippen LogP contribution >= 0.6 is 12.2 Å². The predicted molar refractivity (Wildman–Crippen MR) is 88.0 cm³/mol. The van der Waals surface area contributed by atoms with Gasteiger partial charge in [0.15, 0.2) is 5.11 Å². The van der Waals surface area contributed by atoms with E-state index in [9.17, 15) is 4.79 Å². The third-order valence-electron chi connectivity index (χ3n) is 2.82. The molecule has 5 heteroatoms. The van der Waals surface area contributed by atoms with Crippen LogP contribution in [0.5, 0.6) is 0 Å². The number of furan rings is 1. The molecule has 21 heavy (non-hydrogen) atoms. The average molecular weight is 300 g/mol. The second kappa shape index (κ2) is 6.85. The summed E-state index contributed by atoms with van der Waals surface area (Å²) in [5, 5.41) is 5.87. The summed E-state index contributed by atoms with van der Waals surface area (Å²) in [6.07, 6.45) is 4.50. The van der Waals surface area contributed by atoms with E-state index in [0.717, 1.165) is 16.8 Å². The van der Waals surface area contributed by atoms with Gasteiger partial charge in [-0.25, -0.2) is 0 Å². The molecule has 0 aliphatic carbocycles. The Morgan fingerprint density at radius 3 is 2.81 bits per heavy atom. The minimum atomic E-state index is -0.311. The minimum absolute atomic E-state index is 0.262.